The Balaban J connectivity index is 1.52. The third-order valence-electron chi connectivity index (χ3n) is 5.19. The van der Waals surface area contributed by atoms with Gasteiger partial charge < -0.3 is 10.4 Å². The lowest BCUT2D eigenvalue weighted by molar-refractivity contribution is 0.0239. The van der Waals surface area contributed by atoms with Gasteiger partial charge in [-0.05, 0) is 42.9 Å². The zero-order chi connectivity index (χ0) is 17.9. The maximum atomic E-state index is 12.8. The Morgan fingerprint density at radius 2 is 1.85 bits per heavy atom. The number of aliphatic hydroxyl groups is 1. The fourth-order valence-corrected chi connectivity index (χ4v) is 3.61. The number of aromatic nitrogens is 1. The molecule has 0 bridgehead atoms. The predicted molar refractivity (Wildman–Crippen MR) is 102 cm³/mol. The third-order valence-corrected chi connectivity index (χ3v) is 5.19. The highest BCUT2D eigenvalue weighted by Gasteiger charge is 2.34. The molecule has 4 heteroatoms. The van der Waals surface area contributed by atoms with E-state index >= 15 is 0 Å². The lowest BCUT2D eigenvalue weighted by atomic mass is 9.75. The number of para-hydroxylation sites is 1. The van der Waals surface area contributed by atoms with Gasteiger partial charge in [-0.1, -0.05) is 48.5 Å². The lowest BCUT2D eigenvalue weighted by Gasteiger charge is -2.38. The predicted octanol–water partition coefficient (Wildman–Crippen LogP) is 3.35. The number of carbonyl (C=O) groups is 1. The number of pyridine rings is 1. The van der Waals surface area contributed by atoms with Crippen LogP contribution in [0.15, 0.2) is 66.9 Å². The molecule has 1 fully saturated rings. The van der Waals surface area contributed by atoms with E-state index in [4.69, 9.17) is 0 Å². The Hall–Kier alpha value is -2.72. The van der Waals surface area contributed by atoms with Crippen LogP contribution < -0.4 is 5.32 Å². The first-order chi connectivity index (χ1) is 12.7. The van der Waals surface area contributed by atoms with E-state index in [9.17, 15) is 9.90 Å². The average Bonchev–Trinajstić information content (AvgIpc) is 2.65. The Morgan fingerprint density at radius 1 is 1.12 bits per heavy atom. The second kappa shape index (κ2) is 7.26. The molecule has 1 amide bonds. The van der Waals surface area contributed by atoms with Crippen LogP contribution in [0.3, 0.4) is 0 Å². The minimum absolute atomic E-state index is 0.0137. The van der Waals surface area contributed by atoms with Gasteiger partial charge in [-0.15, -0.1) is 0 Å². The quantitative estimate of drug-likeness (QED) is 0.745. The molecule has 0 spiro atoms. The van der Waals surface area contributed by atoms with Gasteiger partial charge in [0.2, 0.25) is 0 Å². The van der Waals surface area contributed by atoms with E-state index in [-0.39, 0.29) is 18.1 Å². The van der Waals surface area contributed by atoms with Crippen LogP contribution in [0.25, 0.3) is 10.9 Å². The molecule has 26 heavy (non-hydrogen) atoms. The molecule has 4 rings (SSSR count). The summed E-state index contributed by atoms with van der Waals surface area (Å²) in [5, 5.41) is 13.8. The number of rotatable bonds is 5. The van der Waals surface area contributed by atoms with Crippen molar-refractivity contribution in [2.45, 2.75) is 31.4 Å². The summed E-state index contributed by atoms with van der Waals surface area (Å²) in [5.41, 5.74) is 2.64. The van der Waals surface area contributed by atoms with Gasteiger partial charge in [-0.25, -0.2) is 0 Å². The second-order valence-electron chi connectivity index (χ2n) is 7.07. The first-order valence-electron chi connectivity index (χ1n) is 9.06. The van der Waals surface area contributed by atoms with Gasteiger partial charge in [-0.2, -0.15) is 0 Å². The molecule has 0 unspecified atom stereocenters. The number of amides is 1. The first-order valence-corrected chi connectivity index (χ1v) is 9.06. The van der Waals surface area contributed by atoms with Crippen molar-refractivity contribution in [2.75, 3.05) is 0 Å². The molecule has 1 aliphatic rings. The van der Waals surface area contributed by atoms with E-state index in [2.05, 4.69) is 22.4 Å². The second-order valence-corrected chi connectivity index (χ2v) is 7.07. The minimum atomic E-state index is -0.238. The highest BCUT2D eigenvalue weighted by molar-refractivity contribution is 5.97. The fraction of sp³-hybridized carbons (Fsp3) is 0.273. The summed E-state index contributed by atoms with van der Waals surface area (Å²) in [6.07, 6.45) is 3.65. The molecule has 1 aliphatic carbocycles. The normalized spacial score (nSPS) is 20.3. The molecule has 0 saturated heterocycles. The molecule has 3 aromatic rings. The average molecular weight is 346 g/mol. The summed E-state index contributed by atoms with van der Waals surface area (Å²) in [7, 11) is 0. The number of hydrogen-bond donors (Lipinski definition) is 2. The molecular formula is C22H22N2O2. The Bertz CT molecular complexity index is 904. The standard InChI is InChI=1S/C22H22N2O2/c25-19-12-17(13-19)21(10-15-6-2-1-3-7-15)24-22(26)18-11-16-8-4-5-9-20(16)23-14-18/h1-9,11,14,17,19,21,25H,10,12-13H2,(H,24,26)/t17?,19?,21-/m0/s1. The van der Waals surface area contributed by atoms with Crippen LogP contribution in [-0.2, 0) is 6.42 Å². The molecule has 1 saturated carbocycles. The van der Waals surface area contributed by atoms with Gasteiger partial charge in [0.25, 0.3) is 5.91 Å². The summed E-state index contributed by atoms with van der Waals surface area (Å²) in [6.45, 7) is 0. The molecule has 4 nitrogen and oxygen atoms in total. The van der Waals surface area contributed by atoms with Crippen molar-refractivity contribution in [3.63, 3.8) is 0 Å². The zero-order valence-electron chi connectivity index (χ0n) is 14.5. The molecule has 2 N–H and O–H groups in total. The van der Waals surface area contributed by atoms with E-state index in [0.29, 0.717) is 11.5 Å². The molecule has 1 atom stereocenters. The SMILES string of the molecule is O=C(N[C@@H](Cc1ccccc1)C1CC(O)C1)c1cnc2ccccc2c1. The van der Waals surface area contributed by atoms with E-state index in [0.717, 1.165) is 30.2 Å². The molecule has 0 radical (unpaired) electrons. The number of nitrogens with one attached hydrogen (secondary N) is 1. The highest BCUT2D eigenvalue weighted by Crippen LogP contribution is 2.32. The van der Waals surface area contributed by atoms with Crippen molar-refractivity contribution < 1.29 is 9.90 Å². The van der Waals surface area contributed by atoms with Crippen molar-refractivity contribution in [1.82, 2.24) is 10.3 Å². The number of benzene rings is 2. The highest BCUT2D eigenvalue weighted by atomic mass is 16.3. The summed E-state index contributed by atoms with van der Waals surface area (Å²) in [5.74, 6) is 0.202. The Morgan fingerprint density at radius 3 is 2.62 bits per heavy atom. The topological polar surface area (TPSA) is 62.2 Å². The van der Waals surface area contributed by atoms with E-state index < -0.39 is 0 Å². The molecular weight excluding hydrogens is 324 g/mol. The van der Waals surface area contributed by atoms with Crippen LogP contribution >= 0.6 is 0 Å². The maximum Gasteiger partial charge on any atom is 0.253 e. The molecule has 2 aromatic carbocycles. The van der Waals surface area contributed by atoms with E-state index in [1.807, 2.05) is 48.5 Å². The molecule has 1 aromatic heterocycles. The Labute approximate surface area is 152 Å². The number of carbonyl (C=O) groups excluding carboxylic acids is 1. The van der Waals surface area contributed by atoms with Gasteiger partial charge in [0.05, 0.1) is 17.2 Å². The lowest BCUT2D eigenvalue weighted by Crippen LogP contribution is -2.48. The smallest absolute Gasteiger partial charge is 0.253 e. The van der Waals surface area contributed by atoms with Crippen molar-refractivity contribution in [1.29, 1.82) is 0 Å². The van der Waals surface area contributed by atoms with Gasteiger partial charge >= 0.3 is 0 Å². The van der Waals surface area contributed by atoms with Gasteiger partial charge in [-0.3, -0.25) is 9.78 Å². The summed E-state index contributed by atoms with van der Waals surface area (Å²) in [6, 6.07) is 19.8. The minimum Gasteiger partial charge on any atom is -0.393 e. The monoisotopic (exact) mass is 346 g/mol. The summed E-state index contributed by atoms with van der Waals surface area (Å²) < 4.78 is 0. The van der Waals surface area contributed by atoms with Crippen LogP contribution in [0, 0.1) is 5.92 Å². The van der Waals surface area contributed by atoms with Gasteiger partial charge in [0.15, 0.2) is 0 Å². The van der Waals surface area contributed by atoms with Crippen LogP contribution in [0.1, 0.15) is 28.8 Å². The van der Waals surface area contributed by atoms with Crippen LogP contribution in [-0.4, -0.2) is 28.1 Å². The van der Waals surface area contributed by atoms with Crippen molar-refractivity contribution in [3.05, 3.63) is 78.0 Å². The number of nitrogens with zero attached hydrogens (tertiary/aromatic N) is 1. The third kappa shape index (κ3) is 3.60. The van der Waals surface area contributed by atoms with Crippen molar-refractivity contribution in [3.8, 4) is 0 Å². The number of fused-ring (bicyclic) bond motifs is 1. The van der Waals surface area contributed by atoms with Crippen LogP contribution in [0.5, 0.6) is 0 Å². The summed E-state index contributed by atoms with van der Waals surface area (Å²) in [4.78, 5) is 17.2. The van der Waals surface area contributed by atoms with Gasteiger partial charge in [0, 0.05) is 17.6 Å². The number of hydrogen-bond acceptors (Lipinski definition) is 3. The van der Waals surface area contributed by atoms with Crippen molar-refractivity contribution in [2.24, 2.45) is 5.92 Å². The molecule has 132 valence electrons. The fourth-order valence-electron chi connectivity index (χ4n) is 3.61. The molecule has 0 aliphatic heterocycles. The van der Waals surface area contributed by atoms with E-state index in [1.165, 1.54) is 5.56 Å². The number of aliphatic hydroxyl groups excluding tert-OH is 1. The van der Waals surface area contributed by atoms with E-state index in [1.54, 1.807) is 6.20 Å². The van der Waals surface area contributed by atoms with Gasteiger partial charge in [0.1, 0.15) is 0 Å². The summed E-state index contributed by atoms with van der Waals surface area (Å²) >= 11 is 0. The zero-order valence-corrected chi connectivity index (χ0v) is 14.5. The largest absolute Gasteiger partial charge is 0.393 e. The Kier molecular flexibility index (Phi) is 4.67. The molecule has 1 heterocycles. The van der Waals surface area contributed by atoms with Crippen LogP contribution in [0.2, 0.25) is 0 Å². The maximum absolute atomic E-state index is 12.8. The van der Waals surface area contributed by atoms with Crippen molar-refractivity contribution >= 4 is 16.8 Å². The first kappa shape index (κ1) is 16.7. The van der Waals surface area contributed by atoms with Crippen LogP contribution in [0.4, 0.5) is 0 Å².